The number of hydroxylamine groups is 2. The SMILES string of the molecule is CN1Oc2cc(-c3cccc(C#N)c3)ccc2OC2(CCCOC2)CN=C1N. The minimum absolute atomic E-state index is 0.276. The zero-order chi connectivity index (χ0) is 19.6. The minimum atomic E-state index is -0.561. The van der Waals surface area contributed by atoms with Crippen LogP contribution in [0.2, 0.25) is 0 Å². The molecular formula is C21H22N4O3. The highest BCUT2D eigenvalue weighted by atomic mass is 16.7. The van der Waals surface area contributed by atoms with Crippen molar-refractivity contribution in [1.82, 2.24) is 5.06 Å². The highest BCUT2D eigenvalue weighted by molar-refractivity contribution is 5.77. The molecule has 28 heavy (non-hydrogen) atoms. The van der Waals surface area contributed by atoms with Crippen molar-refractivity contribution < 1.29 is 14.3 Å². The van der Waals surface area contributed by atoms with E-state index >= 15 is 0 Å². The Kier molecular flexibility index (Phi) is 4.80. The lowest BCUT2D eigenvalue weighted by Crippen LogP contribution is -2.47. The summed E-state index contributed by atoms with van der Waals surface area (Å²) in [5.41, 5.74) is 7.95. The quantitative estimate of drug-likeness (QED) is 0.820. The van der Waals surface area contributed by atoms with Crippen LogP contribution in [0.5, 0.6) is 11.5 Å². The molecule has 4 rings (SSSR count). The highest BCUT2D eigenvalue weighted by Gasteiger charge is 2.37. The average molecular weight is 378 g/mol. The van der Waals surface area contributed by atoms with Crippen molar-refractivity contribution >= 4 is 5.96 Å². The number of rotatable bonds is 1. The van der Waals surface area contributed by atoms with Crippen LogP contribution in [0.15, 0.2) is 47.5 Å². The Balaban J connectivity index is 1.75. The smallest absolute Gasteiger partial charge is 0.225 e. The van der Waals surface area contributed by atoms with Gasteiger partial charge in [0.05, 0.1) is 24.8 Å². The maximum Gasteiger partial charge on any atom is 0.225 e. The molecular weight excluding hydrogens is 356 g/mol. The second-order valence-electron chi connectivity index (χ2n) is 7.06. The summed E-state index contributed by atoms with van der Waals surface area (Å²) in [6.45, 7) is 1.58. The van der Waals surface area contributed by atoms with E-state index < -0.39 is 5.60 Å². The number of nitrogens with zero attached hydrogens (tertiary/aromatic N) is 3. The van der Waals surface area contributed by atoms with Crippen molar-refractivity contribution in [3.63, 3.8) is 0 Å². The number of nitrogens with two attached hydrogens (primary N) is 1. The fourth-order valence-electron chi connectivity index (χ4n) is 3.43. The largest absolute Gasteiger partial charge is 0.479 e. The van der Waals surface area contributed by atoms with Gasteiger partial charge in [-0.1, -0.05) is 18.2 Å². The second kappa shape index (κ2) is 7.41. The standard InChI is InChI=1S/C21H22N4O3/c1-25-20(23)24-13-21(8-3-9-26-14-21)27-18-7-6-17(11-19(18)28-25)16-5-2-4-15(10-16)12-22/h2,4-7,10-11H,3,8-9,13-14H2,1H3,(H2,23,24). The van der Waals surface area contributed by atoms with Gasteiger partial charge in [-0.25, -0.2) is 4.99 Å². The van der Waals surface area contributed by atoms with E-state index in [1.54, 1.807) is 13.1 Å². The molecule has 0 aromatic heterocycles. The van der Waals surface area contributed by atoms with Crippen LogP contribution in [0.1, 0.15) is 18.4 Å². The molecule has 2 N–H and O–H groups in total. The number of hydrogen-bond donors (Lipinski definition) is 1. The van der Waals surface area contributed by atoms with Gasteiger partial charge < -0.3 is 20.0 Å². The molecule has 2 aromatic carbocycles. The summed E-state index contributed by atoms with van der Waals surface area (Å²) in [5.74, 6) is 1.42. The molecule has 2 aliphatic heterocycles. The molecule has 144 valence electrons. The molecule has 7 heteroatoms. The van der Waals surface area contributed by atoms with Gasteiger partial charge in [0, 0.05) is 13.7 Å². The normalized spacial score (nSPS) is 21.9. The van der Waals surface area contributed by atoms with Gasteiger partial charge in [0.25, 0.3) is 0 Å². The number of guanidine groups is 1. The van der Waals surface area contributed by atoms with E-state index in [1.165, 1.54) is 5.06 Å². The molecule has 1 fully saturated rings. The minimum Gasteiger partial charge on any atom is -0.479 e. The van der Waals surface area contributed by atoms with Crippen molar-refractivity contribution in [1.29, 1.82) is 5.26 Å². The van der Waals surface area contributed by atoms with Crippen molar-refractivity contribution in [2.45, 2.75) is 18.4 Å². The lowest BCUT2D eigenvalue weighted by atomic mass is 9.96. The van der Waals surface area contributed by atoms with E-state index in [1.807, 2.05) is 36.4 Å². The van der Waals surface area contributed by atoms with E-state index in [0.29, 0.717) is 30.2 Å². The molecule has 0 amide bonds. The molecule has 1 saturated heterocycles. The van der Waals surface area contributed by atoms with Crippen LogP contribution in [0.25, 0.3) is 11.1 Å². The fraction of sp³-hybridized carbons (Fsp3) is 0.333. The van der Waals surface area contributed by atoms with Gasteiger partial charge >= 0.3 is 0 Å². The summed E-state index contributed by atoms with van der Waals surface area (Å²) in [6.07, 6.45) is 1.74. The summed E-state index contributed by atoms with van der Waals surface area (Å²) < 4.78 is 12.1. The molecule has 1 unspecified atom stereocenters. The van der Waals surface area contributed by atoms with Crippen LogP contribution in [0.4, 0.5) is 0 Å². The maximum absolute atomic E-state index is 9.17. The Morgan fingerprint density at radius 1 is 1.18 bits per heavy atom. The van der Waals surface area contributed by atoms with Gasteiger partial charge in [0.2, 0.25) is 5.96 Å². The molecule has 0 bridgehead atoms. The third kappa shape index (κ3) is 3.59. The first kappa shape index (κ1) is 18.1. The first-order valence-electron chi connectivity index (χ1n) is 9.22. The monoisotopic (exact) mass is 378 g/mol. The summed E-state index contributed by atoms with van der Waals surface area (Å²) in [7, 11) is 1.71. The molecule has 1 atom stereocenters. The van der Waals surface area contributed by atoms with Gasteiger partial charge in [0.1, 0.15) is 0 Å². The molecule has 0 radical (unpaired) electrons. The third-order valence-corrected chi connectivity index (χ3v) is 4.97. The lowest BCUT2D eigenvalue weighted by molar-refractivity contribution is -0.0632. The summed E-state index contributed by atoms with van der Waals surface area (Å²) >= 11 is 0. The van der Waals surface area contributed by atoms with Crippen molar-refractivity contribution in [3.8, 4) is 28.7 Å². The molecule has 0 aliphatic carbocycles. The van der Waals surface area contributed by atoms with Crippen molar-refractivity contribution in [3.05, 3.63) is 48.0 Å². The van der Waals surface area contributed by atoms with Crippen LogP contribution in [-0.2, 0) is 4.74 Å². The van der Waals surface area contributed by atoms with Crippen LogP contribution in [-0.4, -0.2) is 43.4 Å². The van der Waals surface area contributed by atoms with Gasteiger partial charge in [-0.3, -0.25) is 0 Å². The number of nitriles is 1. The molecule has 7 nitrogen and oxygen atoms in total. The van der Waals surface area contributed by atoms with E-state index in [0.717, 1.165) is 30.6 Å². The molecule has 2 aromatic rings. The first-order chi connectivity index (χ1) is 13.6. The summed E-state index contributed by atoms with van der Waals surface area (Å²) in [6, 6.07) is 15.3. The molecule has 0 saturated carbocycles. The third-order valence-electron chi connectivity index (χ3n) is 4.97. The van der Waals surface area contributed by atoms with Crippen LogP contribution < -0.4 is 15.3 Å². The molecule has 2 heterocycles. The number of aliphatic imine (C=N–C) groups is 1. The Labute approximate surface area is 163 Å². The van der Waals surface area contributed by atoms with Gasteiger partial charge in [0.15, 0.2) is 17.1 Å². The number of hydrogen-bond acceptors (Lipinski definition) is 7. The Hall–Kier alpha value is -3.24. The van der Waals surface area contributed by atoms with Crippen molar-refractivity contribution in [2.75, 3.05) is 26.8 Å². The van der Waals surface area contributed by atoms with E-state index in [2.05, 4.69) is 11.1 Å². The Morgan fingerprint density at radius 2 is 2.04 bits per heavy atom. The number of benzene rings is 2. The Morgan fingerprint density at radius 3 is 2.82 bits per heavy atom. The summed E-state index contributed by atoms with van der Waals surface area (Å²) in [5, 5.41) is 10.6. The Bertz CT molecular complexity index is 945. The topological polar surface area (TPSA) is 93.1 Å². The molecule has 2 aliphatic rings. The first-order valence-corrected chi connectivity index (χ1v) is 9.22. The summed E-state index contributed by atoms with van der Waals surface area (Å²) in [4.78, 5) is 10.4. The van der Waals surface area contributed by atoms with E-state index in [9.17, 15) is 0 Å². The van der Waals surface area contributed by atoms with E-state index in [4.69, 9.17) is 25.3 Å². The van der Waals surface area contributed by atoms with Gasteiger partial charge in [-0.15, -0.1) is 0 Å². The van der Waals surface area contributed by atoms with Crippen LogP contribution in [0, 0.1) is 11.3 Å². The lowest BCUT2D eigenvalue weighted by Gasteiger charge is -2.36. The second-order valence-corrected chi connectivity index (χ2v) is 7.06. The predicted octanol–water partition coefficient (Wildman–Crippen LogP) is 2.71. The maximum atomic E-state index is 9.17. The number of fused-ring (bicyclic) bond motifs is 1. The zero-order valence-electron chi connectivity index (χ0n) is 15.7. The predicted molar refractivity (Wildman–Crippen MR) is 105 cm³/mol. The number of ether oxygens (including phenoxy) is 2. The molecule has 1 spiro atoms. The van der Waals surface area contributed by atoms with Gasteiger partial charge in [-0.2, -0.15) is 10.3 Å². The van der Waals surface area contributed by atoms with Crippen molar-refractivity contribution in [2.24, 2.45) is 10.7 Å². The fourth-order valence-corrected chi connectivity index (χ4v) is 3.43. The van der Waals surface area contributed by atoms with Crippen LogP contribution in [0.3, 0.4) is 0 Å². The zero-order valence-corrected chi connectivity index (χ0v) is 15.7. The van der Waals surface area contributed by atoms with Gasteiger partial charge in [-0.05, 0) is 48.2 Å². The average Bonchev–Trinajstić information content (AvgIpc) is 2.77. The van der Waals surface area contributed by atoms with Crippen LogP contribution >= 0.6 is 0 Å². The highest BCUT2D eigenvalue weighted by Crippen LogP contribution is 2.38. The van der Waals surface area contributed by atoms with E-state index in [-0.39, 0.29) is 5.96 Å².